The Kier molecular flexibility index (Phi) is 4.11. The number of benzene rings is 1. The first kappa shape index (κ1) is 15.0. The van der Waals surface area contributed by atoms with Crippen LogP contribution in [0.15, 0.2) is 22.7 Å². The number of hydrogen-bond donors (Lipinski definition) is 0. The van der Waals surface area contributed by atoms with Crippen molar-refractivity contribution in [1.29, 1.82) is 0 Å². The van der Waals surface area contributed by atoms with Crippen molar-refractivity contribution in [2.24, 2.45) is 0 Å². The van der Waals surface area contributed by atoms with Gasteiger partial charge in [-0.3, -0.25) is 4.79 Å². The monoisotopic (exact) mass is 323 g/mol. The average Bonchev–Trinajstić information content (AvgIpc) is 3.09. The molecule has 1 aliphatic heterocycles. The Morgan fingerprint density at radius 3 is 3.09 bits per heavy atom. The minimum atomic E-state index is -0.432. The van der Waals surface area contributed by atoms with Crippen molar-refractivity contribution in [2.75, 3.05) is 11.4 Å². The Labute approximate surface area is 132 Å². The molecule has 1 aliphatic rings. The molecule has 0 spiro atoms. The highest BCUT2D eigenvalue weighted by molar-refractivity contribution is 6.33. The first-order valence-electron chi connectivity index (χ1n) is 7.16. The Bertz CT molecular complexity index is 704. The summed E-state index contributed by atoms with van der Waals surface area (Å²) < 4.78 is 18.6. The van der Waals surface area contributed by atoms with Crippen LogP contribution in [-0.2, 0) is 11.2 Å². The summed E-state index contributed by atoms with van der Waals surface area (Å²) in [5, 5.41) is 4.24. The second-order valence-corrected chi connectivity index (χ2v) is 5.71. The van der Waals surface area contributed by atoms with Crippen LogP contribution in [0.25, 0.3) is 0 Å². The summed E-state index contributed by atoms with van der Waals surface area (Å²) in [6, 6.07) is 3.97. The molecule has 1 fully saturated rings. The SMILES string of the molecule is CCCc1noc(C2CC(=O)N(c3cc(F)ccc3Cl)C2)n1. The van der Waals surface area contributed by atoms with Crippen molar-refractivity contribution in [3.8, 4) is 0 Å². The molecule has 3 rings (SSSR count). The van der Waals surface area contributed by atoms with E-state index in [2.05, 4.69) is 10.1 Å². The van der Waals surface area contributed by atoms with Crippen LogP contribution in [0, 0.1) is 5.82 Å². The molecule has 0 bridgehead atoms. The van der Waals surface area contributed by atoms with Crippen LogP contribution in [0.4, 0.5) is 10.1 Å². The lowest BCUT2D eigenvalue weighted by atomic mass is 10.1. The summed E-state index contributed by atoms with van der Waals surface area (Å²) in [5.41, 5.74) is 0.377. The van der Waals surface area contributed by atoms with E-state index in [0.29, 0.717) is 29.0 Å². The Balaban J connectivity index is 1.82. The van der Waals surface area contributed by atoms with Crippen LogP contribution >= 0.6 is 11.6 Å². The molecule has 1 saturated heterocycles. The van der Waals surface area contributed by atoms with E-state index >= 15 is 0 Å². The minimum absolute atomic E-state index is 0.132. The Morgan fingerprint density at radius 2 is 2.32 bits per heavy atom. The molecule has 1 aromatic carbocycles. The number of rotatable bonds is 4. The normalized spacial score (nSPS) is 18.2. The van der Waals surface area contributed by atoms with E-state index in [9.17, 15) is 9.18 Å². The quantitative estimate of drug-likeness (QED) is 0.866. The van der Waals surface area contributed by atoms with Crippen LogP contribution < -0.4 is 4.90 Å². The summed E-state index contributed by atoms with van der Waals surface area (Å²) in [4.78, 5) is 18.0. The van der Waals surface area contributed by atoms with Crippen LogP contribution in [-0.4, -0.2) is 22.6 Å². The molecule has 1 aromatic heterocycles. The number of hydrogen-bond acceptors (Lipinski definition) is 4. The maximum atomic E-state index is 13.4. The van der Waals surface area contributed by atoms with Gasteiger partial charge in [-0.2, -0.15) is 4.98 Å². The van der Waals surface area contributed by atoms with E-state index in [1.807, 2.05) is 6.92 Å². The number of carbonyl (C=O) groups excluding carboxylic acids is 1. The van der Waals surface area contributed by atoms with Gasteiger partial charge in [0.05, 0.1) is 16.6 Å². The van der Waals surface area contributed by atoms with Gasteiger partial charge in [-0.05, 0) is 24.6 Å². The molecule has 0 N–H and O–H groups in total. The van der Waals surface area contributed by atoms with E-state index in [-0.39, 0.29) is 18.2 Å². The zero-order valence-electron chi connectivity index (χ0n) is 12.1. The van der Waals surface area contributed by atoms with Crippen molar-refractivity contribution < 1.29 is 13.7 Å². The Hall–Kier alpha value is -1.95. The largest absolute Gasteiger partial charge is 0.339 e. The minimum Gasteiger partial charge on any atom is -0.339 e. The zero-order valence-corrected chi connectivity index (χ0v) is 12.8. The fraction of sp³-hybridized carbons (Fsp3) is 0.400. The first-order chi connectivity index (χ1) is 10.6. The van der Waals surface area contributed by atoms with E-state index < -0.39 is 5.82 Å². The molecule has 1 amide bonds. The molecule has 116 valence electrons. The lowest BCUT2D eigenvalue weighted by molar-refractivity contribution is -0.117. The number of aryl methyl sites for hydroxylation is 1. The van der Waals surface area contributed by atoms with E-state index in [1.54, 1.807) is 0 Å². The molecule has 2 heterocycles. The summed E-state index contributed by atoms with van der Waals surface area (Å²) in [5.74, 6) is 0.343. The predicted molar refractivity (Wildman–Crippen MR) is 79.4 cm³/mol. The zero-order chi connectivity index (χ0) is 15.7. The topological polar surface area (TPSA) is 59.2 Å². The molecule has 22 heavy (non-hydrogen) atoms. The summed E-state index contributed by atoms with van der Waals surface area (Å²) >= 11 is 6.07. The van der Waals surface area contributed by atoms with Gasteiger partial charge in [-0.1, -0.05) is 23.7 Å². The van der Waals surface area contributed by atoms with E-state index in [4.69, 9.17) is 16.1 Å². The van der Waals surface area contributed by atoms with Crippen molar-refractivity contribution in [3.63, 3.8) is 0 Å². The molecule has 7 heteroatoms. The molecular weight excluding hydrogens is 309 g/mol. The van der Waals surface area contributed by atoms with Gasteiger partial charge in [0, 0.05) is 19.4 Å². The third-order valence-corrected chi connectivity index (χ3v) is 3.95. The van der Waals surface area contributed by atoms with Gasteiger partial charge in [0.1, 0.15) is 5.82 Å². The standard InChI is InChI=1S/C15H15ClFN3O2/c1-2-3-13-18-15(22-19-13)9-6-14(21)20(8-9)12-7-10(17)4-5-11(12)16/h4-5,7,9H,2-3,6,8H2,1H3. The molecule has 1 atom stereocenters. The maximum absolute atomic E-state index is 13.4. The highest BCUT2D eigenvalue weighted by atomic mass is 35.5. The lowest BCUT2D eigenvalue weighted by Crippen LogP contribution is -2.24. The molecule has 1 unspecified atom stereocenters. The fourth-order valence-corrected chi connectivity index (χ4v) is 2.78. The van der Waals surface area contributed by atoms with Gasteiger partial charge in [0.25, 0.3) is 0 Å². The smallest absolute Gasteiger partial charge is 0.232 e. The van der Waals surface area contributed by atoms with Gasteiger partial charge in [-0.15, -0.1) is 0 Å². The fourth-order valence-electron chi connectivity index (χ4n) is 2.56. The second kappa shape index (κ2) is 6.04. The van der Waals surface area contributed by atoms with Gasteiger partial charge >= 0.3 is 0 Å². The third kappa shape index (κ3) is 2.83. The summed E-state index contributed by atoms with van der Waals surface area (Å²) in [6.45, 7) is 2.39. The maximum Gasteiger partial charge on any atom is 0.232 e. The number of amides is 1. The van der Waals surface area contributed by atoms with Crippen LogP contribution in [0.2, 0.25) is 5.02 Å². The predicted octanol–water partition coefficient (Wildman–Crippen LogP) is 3.34. The van der Waals surface area contributed by atoms with Gasteiger partial charge in [0.15, 0.2) is 5.82 Å². The van der Waals surface area contributed by atoms with E-state index in [1.165, 1.54) is 23.1 Å². The molecule has 0 aliphatic carbocycles. The van der Waals surface area contributed by atoms with Crippen molar-refractivity contribution >= 4 is 23.2 Å². The van der Waals surface area contributed by atoms with Crippen LogP contribution in [0.1, 0.15) is 37.4 Å². The number of carbonyl (C=O) groups is 1. The van der Waals surface area contributed by atoms with Gasteiger partial charge in [-0.25, -0.2) is 4.39 Å². The second-order valence-electron chi connectivity index (χ2n) is 5.30. The highest BCUT2D eigenvalue weighted by Gasteiger charge is 2.36. The van der Waals surface area contributed by atoms with Gasteiger partial charge < -0.3 is 9.42 Å². The summed E-state index contributed by atoms with van der Waals surface area (Å²) in [6.07, 6.45) is 1.91. The average molecular weight is 324 g/mol. The Morgan fingerprint density at radius 1 is 1.50 bits per heavy atom. The molecule has 5 nitrogen and oxygen atoms in total. The lowest BCUT2D eigenvalue weighted by Gasteiger charge is -2.17. The number of nitrogens with zero attached hydrogens (tertiary/aromatic N) is 3. The summed E-state index contributed by atoms with van der Waals surface area (Å²) in [7, 11) is 0. The highest BCUT2D eigenvalue weighted by Crippen LogP contribution is 2.35. The van der Waals surface area contributed by atoms with Crippen molar-refractivity contribution in [1.82, 2.24) is 10.1 Å². The molecule has 0 saturated carbocycles. The van der Waals surface area contributed by atoms with Gasteiger partial charge in [0.2, 0.25) is 11.8 Å². The third-order valence-electron chi connectivity index (χ3n) is 3.63. The molecule has 0 radical (unpaired) electrons. The van der Waals surface area contributed by atoms with Crippen LogP contribution in [0.5, 0.6) is 0 Å². The van der Waals surface area contributed by atoms with Crippen LogP contribution in [0.3, 0.4) is 0 Å². The molecule has 2 aromatic rings. The number of aromatic nitrogens is 2. The first-order valence-corrected chi connectivity index (χ1v) is 7.54. The van der Waals surface area contributed by atoms with E-state index in [0.717, 1.165) is 12.8 Å². The molecular formula is C15H15ClFN3O2. The van der Waals surface area contributed by atoms with Crippen molar-refractivity contribution in [2.45, 2.75) is 32.1 Å². The number of halogens is 2. The van der Waals surface area contributed by atoms with Crippen molar-refractivity contribution in [3.05, 3.63) is 40.8 Å². The number of anilines is 1.